The molecular formula is C19H24N2O3. The minimum Gasteiger partial charge on any atom is -0.480 e. The molecule has 3 unspecified atom stereocenters. The third-order valence-electron chi connectivity index (χ3n) is 6.23. The fourth-order valence-electron chi connectivity index (χ4n) is 4.52. The number of carbonyl (C=O) groups is 2. The van der Waals surface area contributed by atoms with Gasteiger partial charge in [0.1, 0.15) is 5.54 Å². The topological polar surface area (TPSA) is 60.9 Å². The summed E-state index contributed by atoms with van der Waals surface area (Å²) < 4.78 is 0. The van der Waals surface area contributed by atoms with Crippen molar-refractivity contribution in [1.29, 1.82) is 0 Å². The van der Waals surface area contributed by atoms with E-state index in [4.69, 9.17) is 0 Å². The van der Waals surface area contributed by atoms with Crippen molar-refractivity contribution in [2.45, 2.75) is 31.7 Å². The second kappa shape index (κ2) is 5.31. The van der Waals surface area contributed by atoms with Gasteiger partial charge in [-0.25, -0.2) is 0 Å². The molecule has 24 heavy (non-hydrogen) atoms. The molecule has 0 bridgehead atoms. The molecule has 3 atom stereocenters. The van der Waals surface area contributed by atoms with Crippen LogP contribution in [0.2, 0.25) is 0 Å². The number of carbonyl (C=O) groups excluding carboxylic acids is 1. The maximum Gasteiger partial charge on any atom is 0.323 e. The molecule has 2 aliphatic carbocycles. The Kier molecular flexibility index (Phi) is 3.46. The minimum atomic E-state index is -0.871. The lowest BCUT2D eigenvalue weighted by atomic mass is 10.0. The van der Waals surface area contributed by atoms with Crippen LogP contribution >= 0.6 is 0 Å². The second-order valence-electron chi connectivity index (χ2n) is 7.79. The second-order valence-corrected chi connectivity index (χ2v) is 7.79. The number of hydrogen-bond donors (Lipinski definition) is 1. The van der Waals surface area contributed by atoms with Crippen molar-refractivity contribution in [1.82, 2.24) is 9.80 Å². The average Bonchev–Trinajstić information content (AvgIpc) is 3.16. The third-order valence-corrected chi connectivity index (χ3v) is 6.23. The average molecular weight is 328 g/mol. The van der Waals surface area contributed by atoms with Gasteiger partial charge in [-0.15, -0.1) is 0 Å². The fraction of sp³-hybridized carbons (Fsp3) is 0.579. The van der Waals surface area contributed by atoms with Crippen molar-refractivity contribution in [3.05, 3.63) is 35.4 Å². The molecule has 1 aliphatic heterocycles. The molecule has 1 saturated carbocycles. The molecule has 0 radical (unpaired) electrons. The molecule has 1 aromatic carbocycles. The summed E-state index contributed by atoms with van der Waals surface area (Å²) in [4.78, 5) is 28.2. The van der Waals surface area contributed by atoms with Crippen LogP contribution in [-0.4, -0.2) is 58.5 Å². The molecule has 1 heterocycles. The monoisotopic (exact) mass is 328 g/mol. The highest BCUT2D eigenvalue weighted by atomic mass is 16.4. The first kappa shape index (κ1) is 15.6. The summed E-state index contributed by atoms with van der Waals surface area (Å²) in [6.45, 7) is 5.98. The highest BCUT2D eigenvalue weighted by molar-refractivity contribution is 5.85. The van der Waals surface area contributed by atoms with E-state index in [1.165, 1.54) is 11.1 Å². The molecule has 4 rings (SSSR count). The van der Waals surface area contributed by atoms with Gasteiger partial charge in [0.05, 0.1) is 0 Å². The molecule has 5 nitrogen and oxygen atoms in total. The number of fused-ring (bicyclic) bond motifs is 3. The van der Waals surface area contributed by atoms with Gasteiger partial charge in [-0.05, 0) is 43.2 Å². The first-order valence-electron chi connectivity index (χ1n) is 8.76. The Morgan fingerprint density at radius 1 is 1.12 bits per heavy atom. The van der Waals surface area contributed by atoms with Gasteiger partial charge in [-0.1, -0.05) is 24.3 Å². The predicted molar refractivity (Wildman–Crippen MR) is 89.7 cm³/mol. The van der Waals surface area contributed by atoms with E-state index in [9.17, 15) is 14.7 Å². The van der Waals surface area contributed by atoms with Crippen molar-refractivity contribution >= 4 is 11.9 Å². The van der Waals surface area contributed by atoms with Gasteiger partial charge in [0.2, 0.25) is 5.91 Å². The summed E-state index contributed by atoms with van der Waals surface area (Å²) in [5.41, 5.74) is 1.90. The number of amides is 1. The normalized spacial score (nSPS) is 29.1. The van der Waals surface area contributed by atoms with E-state index in [1.54, 1.807) is 13.8 Å². The standard InChI is InChI=1S/C19H24N2O3/c1-19(2,18(23)24)21-9-7-20(8-10-21)17(22)16-14-11-12-5-3-4-6-13(12)15(14)16/h3-6,14-16H,7-11H2,1-2H3,(H,23,24). The van der Waals surface area contributed by atoms with E-state index in [2.05, 4.69) is 24.3 Å². The highest BCUT2D eigenvalue weighted by Crippen LogP contribution is 2.61. The van der Waals surface area contributed by atoms with Crippen molar-refractivity contribution in [3.8, 4) is 0 Å². The van der Waals surface area contributed by atoms with E-state index in [1.807, 2.05) is 9.80 Å². The molecule has 128 valence electrons. The van der Waals surface area contributed by atoms with Crippen LogP contribution < -0.4 is 0 Å². The van der Waals surface area contributed by atoms with E-state index in [0.717, 1.165) is 6.42 Å². The number of carboxylic acid groups (broad SMARTS) is 1. The van der Waals surface area contributed by atoms with Crippen LogP contribution in [0.25, 0.3) is 0 Å². The Hall–Kier alpha value is -1.88. The van der Waals surface area contributed by atoms with E-state index >= 15 is 0 Å². The molecule has 3 aliphatic rings. The van der Waals surface area contributed by atoms with Crippen molar-refractivity contribution in [3.63, 3.8) is 0 Å². The SMILES string of the molecule is CC(C)(C(=O)O)N1CCN(C(=O)C2C3Cc4ccccc4C32)CC1. The third kappa shape index (κ3) is 2.25. The summed E-state index contributed by atoms with van der Waals surface area (Å²) in [6.07, 6.45) is 1.03. The van der Waals surface area contributed by atoms with Crippen LogP contribution in [0.5, 0.6) is 0 Å². The molecule has 0 aromatic heterocycles. The number of carboxylic acids is 1. The molecule has 1 saturated heterocycles. The zero-order valence-corrected chi connectivity index (χ0v) is 14.2. The maximum atomic E-state index is 12.9. The lowest BCUT2D eigenvalue weighted by Crippen LogP contribution is -2.58. The largest absolute Gasteiger partial charge is 0.480 e. The first-order valence-corrected chi connectivity index (χ1v) is 8.76. The number of piperazine rings is 1. The van der Waals surface area contributed by atoms with Crippen molar-refractivity contribution < 1.29 is 14.7 Å². The Balaban J connectivity index is 1.38. The number of nitrogens with zero attached hydrogens (tertiary/aromatic N) is 2. The predicted octanol–water partition coefficient (Wildman–Crippen LogP) is 1.58. The minimum absolute atomic E-state index is 0.152. The molecular weight excluding hydrogens is 304 g/mol. The maximum absolute atomic E-state index is 12.9. The Morgan fingerprint density at radius 3 is 2.46 bits per heavy atom. The number of hydrogen-bond acceptors (Lipinski definition) is 3. The van der Waals surface area contributed by atoms with Crippen LogP contribution in [0.1, 0.15) is 30.9 Å². The van der Waals surface area contributed by atoms with Gasteiger partial charge >= 0.3 is 5.97 Å². The first-order chi connectivity index (χ1) is 11.4. The Bertz CT molecular complexity index is 692. The van der Waals surface area contributed by atoms with Gasteiger partial charge in [0.15, 0.2) is 0 Å². The van der Waals surface area contributed by atoms with Crippen LogP contribution in [0.15, 0.2) is 24.3 Å². The molecule has 1 N–H and O–H groups in total. The van der Waals surface area contributed by atoms with Gasteiger partial charge in [-0.2, -0.15) is 0 Å². The van der Waals surface area contributed by atoms with Crippen LogP contribution in [0.3, 0.4) is 0 Å². The van der Waals surface area contributed by atoms with Gasteiger partial charge in [0.25, 0.3) is 0 Å². The Labute approximate surface area is 142 Å². The van der Waals surface area contributed by atoms with Crippen LogP contribution in [0.4, 0.5) is 0 Å². The van der Waals surface area contributed by atoms with Gasteiger partial charge in [-0.3, -0.25) is 14.5 Å². The lowest BCUT2D eigenvalue weighted by molar-refractivity contribution is -0.151. The summed E-state index contributed by atoms with van der Waals surface area (Å²) in [7, 11) is 0. The summed E-state index contributed by atoms with van der Waals surface area (Å²) in [5.74, 6) is 0.521. The van der Waals surface area contributed by atoms with E-state index in [-0.39, 0.29) is 11.8 Å². The van der Waals surface area contributed by atoms with Gasteiger partial charge in [0, 0.05) is 32.1 Å². The van der Waals surface area contributed by atoms with Crippen molar-refractivity contribution in [2.75, 3.05) is 26.2 Å². The number of aliphatic carboxylic acids is 1. The molecule has 2 fully saturated rings. The molecule has 1 amide bonds. The quantitative estimate of drug-likeness (QED) is 0.915. The molecule has 0 spiro atoms. The zero-order chi connectivity index (χ0) is 17.1. The lowest BCUT2D eigenvalue weighted by Gasteiger charge is -2.41. The van der Waals surface area contributed by atoms with Crippen LogP contribution in [-0.2, 0) is 16.0 Å². The number of rotatable bonds is 3. The van der Waals surface area contributed by atoms with E-state index < -0.39 is 11.5 Å². The molecule has 1 aromatic rings. The smallest absolute Gasteiger partial charge is 0.323 e. The van der Waals surface area contributed by atoms with E-state index in [0.29, 0.717) is 38.0 Å². The highest BCUT2D eigenvalue weighted by Gasteiger charge is 2.60. The summed E-state index contributed by atoms with van der Waals surface area (Å²) in [6, 6.07) is 8.48. The van der Waals surface area contributed by atoms with Crippen molar-refractivity contribution in [2.24, 2.45) is 11.8 Å². The number of benzene rings is 1. The zero-order valence-electron chi connectivity index (χ0n) is 14.2. The van der Waals surface area contributed by atoms with Crippen LogP contribution in [0, 0.1) is 11.8 Å². The fourth-order valence-corrected chi connectivity index (χ4v) is 4.52. The summed E-state index contributed by atoms with van der Waals surface area (Å²) >= 11 is 0. The Morgan fingerprint density at radius 2 is 1.79 bits per heavy atom. The van der Waals surface area contributed by atoms with Gasteiger partial charge < -0.3 is 10.0 Å². The molecule has 5 heteroatoms. The summed E-state index contributed by atoms with van der Waals surface area (Å²) in [5, 5.41) is 9.35.